The van der Waals surface area contributed by atoms with Crippen LogP contribution in [0.4, 0.5) is 23.4 Å². The van der Waals surface area contributed by atoms with Crippen molar-refractivity contribution < 1.29 is 14.7 Å². The van der Waals surface area contributed by atoms with Gasteiger partial charge in [0.25, 0.3) is 5.91 Å². The summed E-state index contributed by atoms with van der Waals surface area (Å²) in [6.07, 6.45) is 3.67. The van der Waals surface area contributed by atoms with Gasteiger partial charge < -0.3 is 30.0 Å². The summed E-state index contributed by atoms with van der Waals surface area (Å²) in [4.78, 5) is 52.9. The number of halogens is 1. The summed E-state index contributed by atoms with van der Waals surface area (Å²) in [5.41, 5.74) is 0.865. The zero-order valence-electron chi connectivity index (χ0n) is 24.7. The monoisotopic (exact) mass is 627 g/mol. The third kappa shape index (κ3) is 7.40. The number of carbonyl (C=O) groups excluding carboxylic acids is 1. The van der Waals surface area contributed by atoms with E-state index in [2.05, 4.69) is 39.9 Å². The number of benzene rings is 1. The molecule has 45 heavy (non-hydrogen) atoms. The zero-order valence-corrected chi connectivity index (χ0v) is 25.4. The predicted molar refractivity (Wildman–Crippen MR) is 173 cm³/mol. The van der Waals surface area contributed by atoms with Crippen LogP contribution in [0, 0.1) is 0 Å². The van der Waals surface area contributed by atoms with Gasteiger partial charge in [0.05, 0.1) is 0 Å². The lowest BCUT2D eigenvalue weighted by Crippen LogP contribution is -2.49. The standard InChI is InChI=1S/C32H34ClN9O3/c33-24-9-7-23(8-10-24)21-26(31(44)45)36-30(43)25-22-29(41-15-13-39(14-16-41)27-5-1-3-11-34-27)38-32(37-25)42-19-17-40(18-20-42)28-6-2-4-12-35-28/h1-12,22,26H,13-21H2,(H,36,43)(H,44,45). The second-order valence-corrected chi connectivity index (χ2v) is 11.4. The largest absolute Gasteiger partial charge is 0.480 e. The van der Waals surface area contributed by atoms with E-state index in [1.165, 1.54) is 0 Å². The molecule has 12 nitrogen and oxygen atoms in total. The third-order valence-electron chi connectivity index (χ3n) is 8.00. The van der Waals surface area contributed by atoms with Gasteiger partial charge in [-0.3, -0.25) is 4.79 Å². The fraction of sp³-hybridized carbons (Fsp3) is 0.312. The van der Waals surface area contributed by atoms with Crippen molar-refractivity contribution in [2.24, 2.45) is 0 Å². The Morgan fingerprint density at radius 1 is 0.733 bits per heavy atom. The second kappa shape index (κ2) is 13.8. The predicted octanol–water partition coefficient (Wildman–Crippen LogP) is 3.00. The number of anilines is 4. The molecule has 6 rings (SSSR count). The number of carboxylic acid groups (broad SMARTS) is 1. The van der Waals surface area contributed by atoms with Crippen molar-refractivity contribution in [1.29, 1.82) is 0 Å². The maximum Gasteiger partial charge on any atom is 0.326 e. The molecule has 0 radical (unpaired) electrons. The highest BCUT2D eigenvalue weighted by atomic mass is 35.5. The highest BCUT2D eigenvalue weighted by Crippen LogP contribution is 2.23. The van der Waals surface area contributed by atoms with Crippen molar-refractivity contribution in [2.75, 3.05) is 72.0 Å². The Bertz CT molecular complexity index is 1520. The SMILES string of the molecule is O=C(NC(Cc1ccc(Cl)cc1)C(=O)O)c1cc(N2CCN(c3ccccn3)CC2)nc(N2CCN(c3ccccn3)CC2)n1. The number of aliphatic carboxylic acids is 1. The van der Waals surface area contributed by atoms with Gasteiger partial charge in [0, 0.05) is 82.3 Å². The summed E-state index contributed by atoms with van der Waals surface area (Å²) in [5.74, 6) is 1.20. The number of piperazine rings is 2. The van der Waals surface area contributed by atoms with E-state index in [-0.39, 0.29) is 12.1 Å². The minimum atomic E-state index is -1.15. The smallest absolute Gasteiger partial charge is 0.326 e. The van der Waals surface area contributed by atoms with Crippen LogP contribution >= 0.6 is 11.6 Å². The molecule has 13 heteroatoms. The van der Waals surface area contributed by atoms with E-state index in [9.17, 15) is 14.7 Å². The van der Waals surface area contributed by atoms with Crippen molar-refractivity contribution in [3.05, 3.63) is 95.4 Å². The maximum atomic E-state index is 13.6. The van der Waals surface area contributed by atoms with Crippen LogP contribution in [0.15, 0.2) is 79.1 Å². The van der Waals surface area contributed by atoms with Crippen molar-refractivity contribution in [1.82, 2.24) is 25.3 Å². The summed E-state index contributed by atoms with van der Waals surface area (Å²) in [6, 6.07) is 19.1. The van der Waals surface area contributed by atoms with Gasteiger partial charge in [-0.25, -0.2) is 19.7 Å². The molecule has 0 bridgehead atoms. The molecule has 2 aliphatic heterocycles. The van der Waals surface area contributed by atoms with Crippen LogP contribution < -0.4 is 24.9 Å². The first-order chi connectivity index (χ1) is 21.9. The first kappa shape index (κ1) is 30.1. The van der Waals surface area contributed by atoms with Gasteiger partial charge in [-0.15, -0.1) is 0 Å². The molecule has 2 N–H and O–H groups in total. The van der Waals surface area contributed by atoms with Crippen molar-refractivity contribution in [3.8, 4) is 0 Å². The number of nitrogens with one attached hydrogen (secondary N) is 1. The molecule has 0 spiro atoms. The van der Waals surface area contributed by atoms with E-state index in [0.717, 1.165) is 43.4 Å². The third-order valence-corrected chi connectivity index (χ3v) is 8.25. The Morgan fingerprint density at radius 2 is 1.27 bits per heavy atom. The molecule has 232 valence electrons. The topological polar surface area (TPSA) is 131 Å². The molecule has 1 aromatic carbocycles. The molecule has 1 unspecified atom stereocenters. The molecule has 0 aliphatic carbocycles. The van der Waals surface area contributed by atoms with Crippen LogP contribution in [0.2, 0.25) is 5.02 Å². The second-order valence-electron chi connectivity index (χ2n) is 10.9. The van der Waals surface area contributed by atoms with E-state index in [4.69, 9.17) is 16.6 Å². The van der Waals surface area contributed by atoms with E-state index in [1.54, 1.807) is 42.7 Å². The lowest BCUT2D eigenvalue weighted by atomic mass is 10.1. The fourth-order valence-corrected chi connectivity index (χ4v) is 5.64. The average Bonchev–Trinajstić information content (AvgIpc) is 3.09. The van der Waals surface area contributed by atoms with Crippen LogP contribution in [-0.4, -0.2) is 95.3 Å². The minimum absolute atomic E-state index is 0.105. The van der Waals surface area contributed by atoms with Crippen molar-refractivity contribution in [3.63, 3.8) is 0 Å². The van der Waals surface area contributed by atoms with Gasteiger partial charge >= 0.3 is 5.97 Å². The summed E-state index contributed by atoms with van der Waals surface area (Å²) < 4.78 is 0. The van der Waals surface area contributed by atoms with Crippen molar-refractivity contribution in [2.45, 2.75) is 12.5 Å². The molecule has 1 atom stereocenters. The molecule has 2 saturated heterocycles. The zero-order chi connectivity index (χ0) is 31.2. The van der Waals surface area contributed by atoms with Gasteiger partial charge in [-0.1, -0.05) is 35.9 Å². The maximum absolute atomic E-state index is 13.6. The summed E-state index contributed by atoms with van der Waals surface area (Å²) in [5, 5.41) is 13.2. The van der Waals surface area contributed by atoms with Gasteiger partial charge in [-0.05, 0) is 42.0 Å². The fourth-order valence-electron chi connectivity index (χ4n) is 5.51. The number of nitrogens with zero attached hydrogens (tertiary/aromatic N) is 8. The number of carboxylic acids is 1. The number of carbonyl (C=O) groups is 2. The first-order valence-electron chi connectivity index (χ1n) is 14.9. The summed E-state index contributed by atoms with van der Waals surface area (Å²) >= 11 is 5.99. The highest BCUT2D eigenvalue weighted by molar-refractivity contribution is 6.30. The highest BCUT2D eigenvalue weighted by Gasteiger charge is 2.27. The minimum Gasteiger partial charge on any atom is -0.480 e. The van der Waals surface area contributed by atoms with Crippen LogP contribution in [0.1, 0.15) is 16.1 Å². The van der Waals surface area contributed by atoms with E-state index >= 15 is 0 Å². The number of hydrogen-bond acceptors (Lipinski definition) is 10. The average molecular weight is 628 g/mol. The van der Waals surface area contributed by atoms with Gasteiger partial charge in [0.15, 0.2) is 0 Å². The first-order valence-corrected chi connectivity index (χ1v) is 15.3. The Kier molecular flexibility index (Phi) is 9.20. The summed E-state index contributed by atoms with van der Waals surface area (Å²) in [6.45, 7) is 5.55. The number of aromatic nitrogens is 4. The Morgan fingerprint density at radius 3 is 1.78 bits per heavy atom. The van der Waals surface area contributed by atoms with E-state index in [1.807, 2.05) is 36.4 Å². The van der Waals surface area contributed by atoms with Crippen molar-refractivity contribution >= 4 is 46.9 Å². The van der Waals surface area contributed by atoms with Crippen LogP contribution in [0.5, 0.6) is 0 Å². The normalized spacial score (nSPS) is 15.9. The lowest BCUT2D eigenvalue weighted by Gasteiger charge is -2.37. The van der Waals surface area contributed by atoms with Gasteiger partial charge in [0.2, 0.25) is 5.95 Å². The molecule has 2 fully saturated rings. The number of rotatable bonds is 9. The van der Waals surface area contributed by atoms with E-state index in [0.29, 0.717) is 43.0 Å². The van der Waals surface area contributed by atoms with Crippen LogP contribution in [0.25, 0.3) is 0 Å². The number of hydrogen-bond donors (Lipinski definition) is 2. The number of amides is 1. The molecule has 0 saturated carbocycles. The van der Waals surface area contributed by atoms with Gasteiger partial charge in [-0.2, -0.15) is 4.98 Å². The summed E-state index contributed by atoms with van der Waals surface area (Å²) in [7, 11) is 0. The van der Waals surface area contributed by atoms with Gasteiger partial charge in [0.1, 0.15) is 29.2 Å². The molecule has 3 aromatic heterocycles. The van der Waals surface area contributed by atoms with E-state index < -0.39 is 17.9 Å². The number of pyridine rings is 2. The molecule has 1 amide bonds. The van der Waals surface area contributed by atoms with Crippen LogP contribution in [-0.2, 0) is 11.2 Å². The molecule has 4 aromatic rings. The Labute approximate surface area is 266 Å². The molecular weight excluding hydrogens is 594 g/mol. The Balaban J connectivity index is 1.22. The van der Waals surface area contributed by atoms with Crippen LogP contribution in [0.3, 0.4) is 0 Å². The Hall–Kier alpha value is -4.97. The lowest BCUT2D eigenvalue weighted by molar-refractivity contribution is -0.139. The molecular formula is C32H34ClN9O3. The molecule has 5 heterocycles. The molecule has 2 aliphatic rings. The quantitative estimate of drug-likeness (QED) is 0.284.